The van der Waals surface area contributed by atoms with Crippen LogP contribution in [0.2, 0.25) is 0 Å². The van der Waals surface area contributed by atoms with Crippen molar-refractivity contribution in [1.82, 2.24) is 19.5 Å². The first-order valence-corrected chi connectivity index (χ1v) is 14.8. The summed E-state index contributed by atoms with van der Waals surface area (Å²) in [5, 5.41) is 3.48. The minimum absolute atomic E-state index is 0.0489. The Balaban J connectivity index is 1.33. The first-order chi connectivity index (χ1) is 19.1. The molecular formula is C28H32N4O7S. The number of carbonyl (C=O) groups is 3. The van der Waals surface area contributed by atoms with E-state index in [1.165, 1.54) is 15.4 Å². The van der Waals surface area contributed by atoms with Crippen LogP contribution < -0.4 is 10.1 Å². The molecule has 2 aromatic heterocycles. The number of sulfonamides is 1. The van der Waals surface area contributed by atoms with Crippen LogP contribution in [0.5, 0.6) is 5.75 Å². The fourth-order valence-electron chi connectivity index (χ4n) is 5.52. The van der Waals surface area contributed by atoms with E-state index in [9.17, 15) is 22.8 Å². The van der Waals surface area contributed by atoms with E-state index in [4.69, 9.17) is 9.15 Å². The number of Topliss-reactive ketones (excluding diaryl/α,β-unsaturated/α-hetero) is 1. The number of aromatic nitrogens is 1. The molecule has 0 aliphatic carbocycles. The van der Waals surface area contributed by atoms with Crippen LogP contribution in [0, 0.1) is 5.92 Å². The minimum Gasteiger partial charge on any atom is -0.497 e. The van der Waals surface area contributed by atoms with Gasteiger partial charge in [0.2, 0.25) is 15.9 Å². The summed E-state index contributed by atoms with van der Waals surface area (Å²) in [5.41, 5.74) is 0.886. The van der Waals surface area contributed by atoms with Crippen LogP contribution in [0.15, 0.2) is 53.1 Å². The molecule has 12 heteroatoms. The molecule has 2 amide bonds. The molecule has 212 valence electrons. The molecule has 3 aromatic rings. The van der Waals surface area contributed by atoms with Crippen molar-refractivity contribution in [3.05, 3.63) is 60.1 Å². The highest BCUT2D eigenvalue weighted by atomic mass is 32.2. The lowest BCUT2D eigenvalue weighted by atomic mass is 10.0. The van der Waals surface area contributed by atoms with Gasteiger partial charge in [0.25, 0.3) is 5.91 Å². The molecule has 2 saturated heterocycles. The van der Waals surface area contributed by atoms with Crippen molar-refractivity contribution in [3.8, 4) is 5.75 Å². The summed E-state index contributed by atoms with van der Waals surface area (Å²) in [6.07, 6.45) is 2.18. The van der Waals surface area contributed by atoms with E-state index in [0.29, 0.717) is 35.3 Å². The quantitative estimate of drug-likeness (QED) is 0.415. The molecule has 40 heavy (non-hydrogen) atoms. The number of furan rings is 1. The maximum Gasteiger partial charge on any atom is 0.287 e. The lowest BCUT2D eigenvalue weighted by molar-refractivity contribution is -0.138. The van der Waals surface area contributed by atoms with E-state index in [0.717, 1.165) is 0 Å². The summed E-state index contributed by atoms with van der Waals surface area (Å²) in [6.45, 7) is 3.78. The van der Waals surface area contributed by atoms with Gasteiger partial charge in [-0.25, -0.2) is 8.42 Å². The monoisotopic (exact) mass is 568 g/mol. The number of carbonyl (C=O) groups excluding carboxylic acids is 3. The van der Waals surface area contributed by atoms with Gasteiger partial charge in [-0.2, -0.15) is 4.31 Å². The number of methoxy groups -OCH3 is 1. The Labute approximate surface area is 232 Å². The van der Waals surface area contributed by atoms with Crippen molar-refractivity contribution in [2.45, 2.75) is 50.6 Å². The number of nitrogens with one attached hydrogen (secondary N) is 1. The average Bonchev–Trinajstić information content (AvgIpc) is 3.62. The zero-order chi connectivity index (χ0) is 28.6. The van der Waals surface area contributed by atoms with Crippen LogP contribution in [-0.4, -0.2) is 78.5 Å². The molecule has 0 saturated carbocycles. The second-order valence-corrected chi connectivity index (χ2v) is 12.5. The van der Waals surface area contributed by atoms with E-state index in [2.05, 4.69) is 10.3 Å². The van der Waals surface area contributed by atoms with Gasteiger partial charge in [-0.05, 0) is 55.2 Å². The molecule has 1 N–H and O–H groups in total. The predicted octanol–water partition coefficient (Wildman–Crippen LogP) is 2.37. The second-order valence-electron chi connectivity index (χ2n) is 10.6. The van der Waals surface area contributed by atoms with Crippen LogP contribution in [0.25, 0.3) is 11.0 Å². The van der Waals surface area contributed by atoms with Crippen molar-refractivity contribution >= 4 is 38.6 Å². The van der Waals surface area contributed by atoms with Gasteiger partial charge in [-0.1, -0.05) is 19.9 Å². The number of ketones is 1. The first kappa shape index (κ1) is 27.8. The van der Waals surface area contributed by atoms with E-state index >= 15 is 0 Å². The SMILES string of the molecule is COc1ccc2oc(C(=O)NC(CC(C)C)C(=O)N3CCC4C3C(=O)CN4S(=O)(=O)Cc3ccccn3)cc2c1. The van der Waals surface area contributed by atoms with Crippen molar-refractivity contribution < 1.29 is 32.0 Å². The van der Waals surface area contributed by atoms with E-state index in [-0.39, 0.29) is 36.3 Å². The summed E-state index contributed by atoms with van der Waals surface area (Å²) >= 11 is 0. The van der Waals surface area contributed by atoms with E-state index in [1.807, 2.05) is 13.8 Å². The Morgan fingerprint density at radius 2 is 2.00 bits per heavy atom. The van der Waals surface area contributed by atoms with Crippen LogP contribution in [0.1, 0.15) is 42.9 Å². The summed E-state index contributed by atoms with van der Waals surface area (Å²) < 4.78 is 38.6. The third-order valence-corrected chi connectivity index (χ3v) is 9.11. The number of nitrogens with zero attached hydrogens (tertiary/aromatic N) is 3. The van der Waals surface area contributed by atoms with Crippen LogP contribution >= 0.6 is 0 Å². The van der Waals surface area contributed by atoms with Crippen molar-refractivity contribution in [1.29, 1.82) is 0 Å². The Morgan fingerprint density at radius 3 is 2.70 bits per heavy atom. The minimum atomic E-state index is -3.84. The van der Waals surface area contributed by atoms with Gasteiger partial charge >= 0.3 is 0 Å². The van der Waals surface area contributed by atoms with Crippen molar-refractivity contribution in [3.63, 3.8) is 0 Å². The fourth-order valence-corrected chi connectivity index (χ4v) is 7.19. The van der Waals surface area contributed by atoms with Gasteiger partial charge in [0.15, 0.2) is 11.5 Å². The number of rotatable bonds is 9. The molecule has 2 fully saturated rings. The van der Waals surface area contributed by atoms with Gasteiger partial charge in [0, 0.05) is 18.1 Å². The highest BCUT2D eigenvalue weighted by Crippen LogP contribution is 2.33. The summed E-state index contributed by atoms with van der Waals surface area (Å²) in [7, 11) is -2.29. The van der Waals surface area contributed by atoms with E-state index < -0.39 is 40.0 Å². The highest BCUT2D eigenvalue weighted by molar-refractivity contribution is 7.88. The molecule has 2 aliphatic rings. The maximum atomic E-state index is 13.8. The van der Waals surface area contributed by atoms with Gasteiger partial charge in [0.1, 0.15) is 29.2 Å². The van der Waals surface area contributed by atoms with Crippen molar-refractivity contribution in [2.24, 2.45) is 5.92 Å². The largest absolute Gasteiger partial charge is 0.497 e. The van der Waals surface area contributed by atoms with Gasteiger partial charge in [-0.15, -0.1) is 0 Å². The zero-order valence-electron chi connectivity index (χ0n) is 22.6. The molecule has 3 unspecified atom stereocenters. The number of likely N-dealkylation sites (tertiary alicyclic amines) is 1. The molecule has 4 heterocycles. The molecule has 0 radical (unpaired) electrons. The van der Waals surface area contributed by atoms with Crippen LogP contribution in [-0.2, 0) is 25.4 Å². The Hall–Kier alpha value is -3.77. The molecule has 1 aromatic carbocycles. The summed E-state index contributed by atoms with van der Waals surface area (Å²) in [4.78, 5) is 45.6. The smallest absolute Gasteiger partial charge is 0.287 e. The predicted molar refractivity (Wildman–Crippen MR) is 146 cm³/mol. The molecule has 2 aliphatic heterocycles. The average molecular weight is 569 g/mol. The standard InChI is InChI=1S/C28H32N4O7S/c1-17(2)12-21(30-27(34)25-14-18-13-20(38-3)7-8-24(18)39-25)28(35)31-11-9-22-26(31)23(33)15-32(22)40(36,37)16-19-6-4-5-10-29-19/h4-8,10,13-14,17,21-22,26H,9,11-12,15-16H2,1-3H3,(H,30,34). The molecule has 11 nitrogen and oxygen atoms in total. The summed E-state index contributed by atoms with van der Waals surface area (Å²) in [5.74, 6) is -0.898. The number of fused-ring (bicyclic) bond motifs is 2. The van der Waals surface area contributed by atoms with Crippen LogP contribution in [0.3, 0.4) is 0 Å². The van der Waals surface area contributed by atoms with Crippen LogP contribution in [0.4, 0.5) is 0 Å². The zero-order valence-corrected chi connectivity index (χ0v) is 23.4. The van der Waals surface area contributed by atoms with Gasteiger partial charge in [-0.3, -0.25) is 19.4 Å². The number of hydrogen-bond acceptors (Lipinski definition) is 8. The van der Waals surface area contributed by atoms with Gasteiger partial charge in [0.05, 0.1) is 25.4 Å². The first-order valence-electron chi connectivity index (χ1n) is 13.2. The lowest BCUT2D eigenvalue weighted by Crippen LogP contribution is -2.53. The third-order valence-electron chi connectivity index (χ3n) is 7.33. The van der Waals surface area contributed by atoms with Gasteiger partial charge < -0.3 is 19.4 Å². The molecule has 5 rings (SSSR count). The molecule has 0 bridgehead atoms. The summed E-state index contributed by atoms with van der Waals surface area (Å²) in [6, 6.07) is 9.32. The number of ether oxygens (including phenoxy) is 1. The number of amides is 2. The second kappa shape index (κ2) is 11.0. The topological polar surface area (TPSA) is 139 Å². The number of hydrogen-bond donors (Lipinski definition) is 1. The maximum absolute atomic E-state index is 13.8. The molecular weight excluding hydrogens is 536 g/mol. The highest BCUT2D eigenvalue weighted by Gasteiger charge is 2.54. The fraction of sp³-hybridized carbons (Fsp3) is 0.429. The number of pyridine rings is 1. The van der Waals surface area contributed by atoms with Crippen molar-refractivity contribution in [2.75, 3.05) is 20.2 Å². The lowest BCUT2D eigenvalue weighted by Gasteiger charge is -2.29. The Morgan fingerprint density at radius 1 is 1.20 bits per heavy atom. The third kappa shape index (κ3) is 5.46. The number of benzene rings is 1. The van der Waals surface area contributed by atoms with E-state index in [1.54, 1.807) is 49.6 Å². The normalized spacial score (nSPS) is 20.2. The Kier molecular flexibility index (Phi) is 7.65. The molecule has 3 atom stereocenters. The molecule has 0 spiro atoms. The Bertz CT molecular complexity index is 1540.